The van der Waals surface area contributed by atoms with Crippen molar-refractivity contribution in [2.24, 2.45) is 0 Å². The van der Waals surface area contributed by atoms with Crippen LogP contribution in [0.15, 0.2) is 12.2 Å². The van der Waals surface area contributed by atoms with Gasteiger partial charge in [-0.2, -0.15) is 0 Å². The highest BCUT2D eigenvalue weighted by Gasteiger charge is 2.23. The molecule has 1 atom stereocenters. The Balaban J connectivity index is 3.77. The smallest absolute Gasteiger partial charge is 0.330 e. The predicted molar refractivity (Wildman–Crippen MR) is 115 cm³/mol. The molecule has 0 fully saturated rings. The van der Waals surface area contributed by atoms with Crippen molar-refractivity contribution in [3.63, 3.8) is 0 Å². The Labute approximate surface area is 172 Å². The molecular formula is C23H44NO4+. The van der Waals surface area contributed by atoms with Gasteiger partial charge >= 0.3 is 11.9 Å². The molecule has 0 aliphatic carbocycles. The molecule has 0 bridgehead atoms. The third-order valence-electron chi connectivity index (χ3n) is 4.66. The van der Waals surface area contributed by atoms with Gasteiger partial charge in [-0.15, -0.1) is 0 Å². The SMILES string of the molecule is CCCCCCCCCCCCCC=CC(=O)OC(CC(=O)O)C[N+](C)(C)C. The van der Waals surface area contributed by atoms with E-state index in [4.69, 9.17) is 9.84 Å². The van der Waals surface area contributed by atoms with Crippen LogP contribution in [0, 0.1) is 0 Å². The third kappa shape index (κ3) is 19.4. The summed E-state index contributed by atoms with van der Waals surface area (Å²) in [4.78, 5) is 22.9. The molecule has 0 saturated carbocycles. The molecule has 28 heavy (non-hydrogen) atoms. The molecule has 1 unspecified atom stereocenters. The normalized spacial score (nSPS) is 13.0. The lowest BCUT2D eigenvalue weighted by Crippen LogP contribution is -2.43. The summed E-state index contributed by atoms with van der Waals surface area (Å²) in [6, 6.07) is 0. The van der Waals surface area contributed by atoms with Crippen molar-refractivity contribution in [3.8, 4) is 0 Å². The number of hydrogen-bond acceptors (Lipinski definition) is 3. The fourth-order valence-corrected chi connectivity index (χ4v) is 3.26. The number of ether oxygens (including phenoxy) is 1. The highest BCUT2D eigenvalue weighted by molar-refractivity contribution is 5.82. The van der Waals surface area contributed by atoms with E-state index in [9.17, 15) is 9.59 Å². The summed E-state index contributed by atoms with van der Waals surface area (Å²) in [5, 5.41) is 8.98. The van der Waals surface area contributed by atoms with Gasteiger partial charge in [0, 0.05) is 6.08 Å². The molecule has 0 aromatic carbocycles. The van der Waals surface area contributed by atoms with Crippen LogP contribution in [0.2, 0.25) is 0 Å². The van der Waals surface area contributed by atoms with Crippen molar-refractivity contribution in [2.75, 3.05) is 27.7 Å². The van der Waals surface area contributed by atoms with Crippen LogP contribution in [0.4, 0.5) is 0 Å². The first-order valence-electron chi connectivity index (χ1n) is 11.1. The van der Waals surface area contributed by atoms with Gasteiger partial charge in [-0.3, -0.25) is 4.79 Å². The monoisotopic (exact) mass is 398 g/mol. The molecule has 0 aliphatic rings. The lowest BCUT2D eigenvalue weighted by atomic mass is 10.1. The molecule has 5 heteroatoms. The molecule has 0 heterocycles. The molecule has 5 nitrogen and oxygen atoms in total. The molecule has 0 spiro atoms. The minimum absolute atomic E-state index is 0.159. The lowest BCUT2D eigenvalue weighted by Gasteiger charge is -2.28. The van der Waals surface area contributed by atoms with Crippen LogP contribution in [0.5, 0.6) is 0 Å². The number of esters is 1. The number of aliphatic carboxylic acids is 1. The quantitative estimate of drug-likeness (QED) is 0.147. The predicted octanol–water partition coefficient (Wildman–Crippen LogP) is 5.34. The summed E-state index contributed by atoms with van der Waals surface area (Å²) >= 11 is 0. The number of likely N-dealkylation sites (N-methyl/N-ethyl adjacent to an activating group) is 1. The number of carbonyl (C=O) groups excluding carboxylic acids is 1. The molecule has 0 amide bonds. The Morgan fingerprint density at radius 3 is 1.86 bits per heavy atom. The van der Waals surface area contributed by atoms with Crippen LogP contribution >= 0.6 is 0 Å². The number of hydrogen-bond donors (Lipinski definition) is 1. The van der Waals surface area contributed by atoms with E-state index in [-0.39, 0.29) is 6.42 Å². The summed E-state index contributed by atoms with van der Waals surface area (Å²) in [5.74, 6) is -1.39. The molecule has 0 aliphatic heterocycles. The number of unbranched alkanes of at least 4 members (excludes halogenated alkanes) is 11. The van der Waals surface area contributed by atoms with Crippen LogP contribution in [0.3, 0.4) is 0 Å². The van der Waals surface area contributed by atoms with Gasteiger partial charge in [-0.05, 0) is 12.8 Å². The van der Waals surface area contributed by atoms with Crippen LogP contribution in [0.25, 0.3) is 0 Å². The van der Waals surface area contributed by atoms with Gasteiger partial charge < -0.3 is 14.3 Å². The average molecular weight is 399 g/mol. The van der Waals surface area contributed by atoms with Crippen molar-refractivity contribution >= 4 is 11.9 Å². The first-order valence-corrected chi connectivity index (χ1v) is 11.1. The number of carboxylic acids is 1. The second-order valence-electron chi connectivity index (χ2n) is 8.86. The zero-order valence-corrected chi connectivity index (χ0v) is 18.8. The Morgan fingerprint density at radius 2 is 1.39 bits per heavy atom. The molecule has 0 aromatic heterocycles. The minimum Gasteiger partial charge on any atom is -0.481 e. The van der Waals surface area contributed by atoms with Crippen molar-refractivity contribution in [1.29, 1.82) is 0 Å². The maximum atomic E-state index is 11.9. The number of carboxylic acid groups (broad SMARTS) is 1. The van der Waals surface area contributed by atoms with Gasteiger partial charge in [-0.25, -0.2) is 4.79 Å². The number of nitrogens with zero attached hydrogens (tertiary/aromatic N) is 1. The maximum Gasteiger partial charge on any atom is 0.330 e. The van der Waals surface area contributed by atoms with Gasteiger partial charge in [0.15, 0.2) is 6.10 Å². The maximum absolute atomic E-state index is 11.9. The Morgan fingerprint density at radius 1 is 0.893 bits per heavy atom. The molecule has 1 N–H and O–H groups in total. The lowest BCUT2D eigenvalue weighted by molar-refractivity contribution is -0.873. The molecular weight excluding hydrogens is 354 g/mol. The Bertz CT molecular complexity index is 440. The van der Waals surface area contributed by atoms with Crippen molar-refractivity contribution in [3.05, 3.63) is 12.2 Å². The topological polar surface area (TPSA) is 63.6 Å². The largest absolute Gasteiger partial charge is 0.481 e. The number of carbonyl (C=O) groups is 2. The van der Waals surface area contributed by atoms with Gasteiger partial charge in [0.2, 0.25) is 0 Å². The minimum atomic E-state index is -0.948. The second kappa shape index (κ2) is 16.6. The zero-order chi connectivity index (χ0) is 21.3. The number of rotatable bonds is 18. The summed E-state index contributed by atoms with van der Waals surface area (Å²) in [6.45, 7) is 2.73. The van der Waals surface area contributed by atoms with Gasteiger partial charge in [0.1, 0.15) is 6.54 Å². The summed E-state index contributed by atoms with van der Waals surface area (Å²) < 4.78 is 5.87. The van der Waals surface area contributed by atoms with Crippen molar-refractivity contribution in [2.45, 2.75) is 96.5 Å². The van der Waals surface area contributed by atoms with Crippen LogP contribution in [-0.4, -0.2) is 55.3 Å². The van der Waals surface area contributed by atoms with E-state index in [0.29, 0.717) is 11.0 Å². The molecule has 0 aromatic rings. The van der Waals surface area contributed by atoms with Crippen molar-refractivity contribution in [1.82, 2.24) is 0 Å². The highest BCUT2D eigenvalue weighted by atomic mass is 16.5. The standard InChI is InChI=1S/C23H43NO4/c1-5-6-7-8-9-10-11-12-13-14-15-16-17-18-23(27)28-21(19-22(25)26)20-24(2,3)4/h17-18,21H,5-16,19-20H2,1-4H3/p+1. The first-order chi connectivity index (χ1) is 13.2. The van der Waals surface area contributed by atoms with Crippen LogP contribution < -0.4 is 0 Å². The van der Waals surface area contributed by atoms with Gasteiger partial charge in [0.05, 0.1) is 27.6 Å². The number of allylic oxidation sites excluding steroid dienone is 1. The summed E-state index contributed by atoms with van der Waals surface area (Å²) in [7, 11) is 5.85. The van der Waals surface area contributed by atoms with Gasteiger partial charge in [0.25, 0.3) is 0 Å². The molecule has 0 rings (SSSR count). The van der Waals surface area contributed by atoms with E-state index in [0.717, 1.165) is 12.8 Å². The highest BCUT2D eigenvalue weighted by Crippen LogP contribution is 2.12. The van der Waals surface area contributed by atoms with E-state index in [1.165, 1.54) is 70.3 Å². The molecule has 0 saturated heterocycles. The van der Waals surface area contributed by atoms with E-state index in [1.54, 1.807) is 0 Å². The van der Waals surface area contributed by atoms with E-state index in [2.05, 4.69) is 6.92 Å². The number of quaternary nitrogens is 1. The first kappa shape index (κ1) is 26.6. The van der Waals surface area contributed by atoms with Crippen molar-refractivity contribution < 1.29 is 23.9 Å². The Hall–Kier alpha value is -1.36. The van der Waals surface area contributed by atoms with Crippen LogP contribution in [0.1, 0.15) is 90.4 Å². The molecule has 0 radical (unpaired) electrons. The van der Waals surface area contributed by atoms with E-state index >= 15 is 0 Å². The van der Waals surface area contributed by atoms with Crippen LogP contribution in [-0.2, 0) is 14.3 Å². The summed E-state index contributed by atoms with van der Waals surface area (Å²) in [5.41, 5.74) is 0. The van der Waals surface area contributed by atoms with Gasteiger partial charge in [-0.1, -0.05) is 77.2 Å². The fourth-order valence-electron chi connectivity index (χ4n) is 3.26. The third-order valence-corrected chi connectivity index (χ3v) is 4.66. The average Bonchev–Trinajstić information content (AvgIpc) is 2.56. The van der Waals surface area contributed by atoms with E-state index < -0.39 is 18.0 Å². The zero-order valence-electron chi connectivity index (χ0n) is 18.8. The van der Waals surface area contributed by atoms with E-state index in [1.807, 2.05) is 27.2 Å². The Kier molecular flexibility index (Phi) is 15.8. The summed E-state index contributed by atoms with van der Waals surface area (Å²) in [6.07, 6.45) is 17.8. The fraction of sp³-hybridized carbons (Fsp3) is 0.826. The second-order valence-corrected chi connectivity index (χ2v) is 8.86. The molecule has 164 valence electrons.